The molecule has 0 aliphatic heterocycles. The van der Waals surface area contributed by atoms with Crippen molar-refractivity contribution in [3.63, 3.8) is 0 Å². The molecule has 1 heterocycles. The molecule has 0 fully saturated rings. The molecule has 52 valence electrons. The van der Waals surface area contributed by atoms with E-state index in [0.29, 0.717) is 5.56 Å². The zero-order chi connectivity index (χ0) is 7.56. The number of aromatic amines is 1. The third-order valence-corrected chi connectivity index (χ3v) is 1.12. The molecular formula is C6H7N3O. The molecule has 0 unspecified atom stereocenters. The molecule has 0 radical (unpaired) electrons. The quantitative estimate of drug-likeness (QED) is 0.456. The number of nitrogens with two attached hydrogens (primary N) is 1. The molecule has 0 aliphatic carbocycles. The fraction of sp³-hybridized carbons (Fsp3) is 0. The first kappa shape index (κ1) is 6.54. The summed E-state index contributed by atoms with van der Waals surface area (Å²) in [6, 6.07) is 0. The van der Waals surface area contributed by atoms with E-state index in [1.807, 2.05) is 0 Å². The van der Waals surface area contributed by atoms with E-state index >= 15 is 0 Å². The van der Waals surface area contributed by atoms with Gasteiger partial charge in [-0.15, -0.1) is 0 Å². The predicted octanol–water partition coefficient (Wildman–Crippen LogP) is 0.361. The molecule has 1 aromatic heterocycles. The minimum atomic E-state index is -0.216. The lowest BCUT2D eigenvalue weighted by Crippen LogP contribution is -1.97. The third-order valence-electron chi connectivity index (χ3n) is 1.12. The van der Waals surface area contributed by atoms with Gasteiger partial charge in [-0.25, -0.2) is 0 Å². The van der Waals surface area contributed by atoms with Gasteiger partial charge in [-0.05, 0) is 6.08 Å². The molecule has 0 saturated heterocycles. The highest BCUT2D eigenvalue weighted by Gasteiger charge is 2.06. The second kappa shape index (κ2) is 2.34. The number of rotatable bonds is 2. The molecule has 0 aromatic carbocycles. The maximum Gasteiger partial charge on any atom is 0.190 e. The Kier molecular flexibility index (Phi) is 1.53. The van der Waals surface area contributed by atoms with E-state index in [2.05, 4.69) is 16.8 Å². The summed E-state index contributed by atoms with van der Waals surface area (Å²) in [5, 5.41) is 6.02. The molecule has 4 nitrogen and oxygen atoms in total. The van der Waals surface area contributed by atoms with Crippen molar-refractivity contribution in [1.29, 1.82) is 0 Å². The zero-order valence-electron chi connectivity index (χ0n) is 5.29. The lowest BCUT2D eigenvalue weighted by atomic mass is 10.2. The highest BCUT2D eigenvalue weighted by atomic mass is 16.1. The van der Waals surface area contributed by atoms with Crippen molar-refractivity contribution in [1.82, 2.24) is 10.2 Å². The number of H-pyrrole nitrogens is 1. The molecule has 4 heteroatoms. The summed E-state index contributed by atoms with van der Waals surface area (Å²) in [4.78, 5) is 10.8. The number of ketones is 1. The van der Waals surface area contributed by atoms with Crippen LogP contribution in [0, 0.1) is 0 Å². The van der Waals surface area contributed by atoms with Gasteiger partial charge in [0.05, 0.1) is 11.8 Å². The fourth-order valence-electron chi connectivity index (χ4n) is 0.602. The van der Waals surface area contributed by atoms with Crippen LogP contribution in [0.5, 0.6) is 0 Å². The number of aromatic nitrogens is 2. The van der Waals surface area contributed by atoms with Crippen LogP contribution in [-0.4, -0.2) is 16.0 Å². The third kappa shape index (κ3) is 0.907. The number of hydrogen-bond acceptors (Lipinski definition) is 3. The highest BCUT2D eigenvalue weighted by molar-refractivity contribution is 6.07. The lowest BCUT2D eigenvalue weighted by molar-refractivity contribution is 0.104. The van der Waals surface area contributed by atoms with Crippen molar-refractivity contribution in [3.8, 4) is 0 Å². The van der Waals surface area contributed by atoms with Gasteiger partial charge < -0.3 is 5.73 Å². The van der Waals surface area contributed by atoms with Gasteiger partial charge >= 0.3 is 0 Å². The number of hydrogen-bond donors (Lipinski definition) is 2. The smallest absolute Gasteiger partial charge is 0.190 e. The van der Waals surface area contributed by atoms with Gasteiger partial charge in [0.1, 0.15) is 5.82 Å². The highest BCUT2D eigenvalue weighted by Crippen LogP contribution is 2.06. The van der Waals surface area contributed by atoms with Crippen LogP contribution in [-0.2, 0) is 0 Å². The molecule has 0 aliphatic rings. The number of carbonyl (C=O) groups is 1. The molecule has 0 atom stereocenters. The van der Waals surface area contributed by atoms with Gasteiger partial charge in [0, 0.05) is 0 Å². The summed E-state index contributed by atoms with van der Waals surface area (Å²) >= 11 is 0. The van der Waals surface area contributed by atoms with Crippen LogP contribution in [0.3, 0.4) is 0 Å². The van der Waals surface area contributed by atoms with E-state index in [4.69, 9.17) is 5.73 Å². The first-order valence-corrected chi connectivity index (χ1v) is 2.71. The Morgan fingerprint density at radius 1 is 1.90 bits per heavy atom. The van der Waals surface area contributed by atoms with Crippen molar-refractivity contribution >= 4 is 11.6 Å². The van der Waals surface area contributed by atoms with Crippen LogP contribution in [0.15, 0.2) is 18.9 Å². The lowest BCUT2D eigenvalue weighted by Gasteiger charge is -1.88. The van der Waals surface area contributed by atoms with Crippen LogP contribution in [0.2, 0.25) is 0 Å². The van der Waals surface area contributed by atoms with E-state index in [-0.39, 0.29) is 11.6 Å². The minimum Gasteiger partial charge on any atom is -0.383 e. The van der Waals surface area contributed by atoms with Crippen LogP contribution in [0.25, 0.3) is 0 Å². The Morgan fingerprint density at radius 3 is 3.00 bits per heavy atom. The number of allylic oxidation sites excluding steroid dienone is 1. The van der Waals surface area contributed by atoms with Crippen LogP contribution in [0.4, 0.5) is 5.82 Å². The Hall–Kier alpha value is -1.58. The molecule has 0 spiro atoms. The average Bonchev–Trinajstić information content (AvgIpc) is 2.34. The summed E-state index contributed by atoms with van der Waals surface area (Å²) in [6.07, 6.45) is 2.57. The van der Waals surface area contributed by atoms with Gasteiger partial charge in [0.25, 0.3) is 0 Å². The molecular weight excluding hydrogens is 130 g/mol. The number of nitrogens with one attached hydrogen (secondary N) is 1. The van der Waals surface area contributed by atoms with Crippen LogP contribution < -0.4 is 5.73 Å². The Labute approximate surface area is 57.7 Å². The minimum absolute atomic E-state index is 0.216. The monoisotopic (exact) mass is 137 g/mol. The molecule has 0 saturated carbocycles. The number of carbonyl (C=O) groups excluding carboxylic acids is 1. The fourth-order valence-corrected chi connectivity index (χ4v) is 0.602. The van der Waals surface area contributed by atoms with Gasteiger partial charge in [0.15, 0.2) is 5.78 Å². The van der Waals surface area contributed by atoms with Crippen molar-refractivity contribution in [2.45, 2.75) is 0 Å². The number of nitrogen functional groups attached to an aromatic ring is 1. The summed E-state index contributed by atoms with van der Waals surface area (Å²) in [5.74, 6) is 0.0659. The molecule has 1 rings (SSSR count). The maximum atomic E-state index is 10.8. The predicted molar refractivity (Wildman–Crippen MR) is 37.5 cm³/mol. The summed E-state index contributed by atoms with van der Waals surface area (Å²) < 4.78 is 0. The first-order chi connectivity index (χ1) is 4.75. The van der Waals surface area contributed by atoms with E-state index < -0.39 is 0 Å². The SMILES string of the molecule is C=CC(=O)c1cn[nH]c1N. The van der Waals surface area contributed by atoms with Crippen molar-refractivity contribution in [2.75, 3.05) is 5.73 Å². The normalized spacial score (nSPS) is 9.20. The Morgan fingerprint density at radius 2 is 2.60 bits per heavy atom. The standard InChI is InChI=1S/C6H7N3O/c1-2-5(10)4-3-8-9-6(4)7/h2-3H,1H2,(H3,7,8,9). The van der Waals surface area contributed by atoms with Gasteiger partial charge in [-0.3, -0.25) is 9.89 Å². The topological polar surface area (TPSA) is 71.8 Å². The molecule has 0 amide bonds. The largest absolute Gasteiger partial charge is 0.383 e. The second-order valence-corrected chi connectivity index (χ2v) is 1.77. The van der Waals surface area contributed by atoms with Crippen molar-refractivity contribution in [3.05, 3.63) is 24.4 Å². The van der Waals surface area contributed by atoms with Crippen LogP contribution in [0.1, 0.15) is 10.4 Å². The van der Waals surface area contributed by atoms with E-state index in [9.17, 15) is 4.79 Å². The van der Waals surface area contributed by atoms with E-state index in [0.717, 1.165) is 0 Å². The van der Waals surface area contributed by atoms with Crippen molar-refractivity contribution < 1.29 is 4.79 Å². The molecule has 3 N–H and O–H groups in total. The Balaban J connectivity index is 3.04. The molecule has 1 aromatic rings. The van der Waals surface area contributed by atoms with E-state index in [1.165, 1.54) is 12.3 Å². The summed E-state index contributed by atoms with van der Waals surface area (Å²) in [6.45, 7) is 3.31. The molecule has 0 bridgehead atoms. The van der Waals surface area contributed by atoms with Gasteiger partial charge in [-0.2, -0.15) is 5.10 Å². The van der Waals surface area contributed by atoms with Crippen molar-refractivity contribution in [2.24, 2.45) is 0 Å². The van der Waals surface area contributed by atoms with E-state index in [1.54, 1.807) is 0 Å². The zero-order valence-corrected chi connectivity index (χ0v) is 5.29. The average molecular weight is 137 g/mol. The number of anilines is 1. The Bertz CT molecular complexity index is 264. The maximum absolute atomic E-state index is 10.8. The summed E-state index contributed by atoms with van der Waals surface area (Å²) in [7, 11) is 0. The van der Waals surface area contributed by atoms with Crippen LogP contribution >= 0.6 is 0 Å². The van der Waals surface area contributed by atoms with Gasteiger partial charge in [0.2, 0.25) is 0 Å². The first-order valence-electron chi connectivity index (χ1n) is 2.71. The summed E-state index contributed by atoms with van der Waals surface area (Å²) in [5.41, 5.74) is 5.70. The van der Waals surface area contributed by atoms with Gasteiger partial charge in [-0.1, -0.05) is 6.58 Å². The number of nitrogens with zero attached hydrogens (tertiary/aromatic N) is 1. The molecule has 10 heavy (non-hydrogen) atoms. The second-order valence-electron chi connectivity index (χ2n) is 1.77.